The molecule has 1 aromatic rings. The van der Waals surface area contributed by atoms with Gasteiger partial charge in [-0.2, -0.15) is 5.26 Å². The summed E-state index contributed by atoms with van der Waals surface area (Å²) in [4.78, 5) is 4.84. The highest BCUT2D eigenvalue weighted by atomic mass is 16.5. The van der Waals surface area contributed by atoms with E-state index in [9.17, 15) is 0 Å². The first-order chi connectivity index (χ1) is 9.81. The zero-order valence-electron chi connectivity index (χ0n) is 12.2. The Morgan fingerprint density at radius 1 is 1.20 bits per heavy atom. The number of piperazine rings is 1. The summed E-state index contributed by atoms with van der Waals surface area (Å²) >= 11 is 0. The van der Waals surface area contributed by atoms with E-state index in [0.717, 1.165) is 45.0 Å². The Balaban J connectivity index is 1.80. The van der Waals surface area contributed by atoms with Gasteiger partial charge in [0.25, 0.3) is 0 Å². The average Bonchev–Trinajstić information content (AvgIpc) is 2.47. The SMILES string of the molecule is CCOc1cccc(CN2CCN(CCC#N)CC2)c1. The second-order valence-corrected chi connectivity index (χ2v) is 5.11. The van der Waals surface area contributed by atoms with Crippen molar-refractivity contribution in [1.29, 1.82) is 5.26 Å². The van der Waals surface area contributed by atoms with Crippen molar-refractivity contribution < 1.29 is 4.74 Å². The number of nitriles is 1. The minimum atomic E-state index is 0.635. The van der Waals surface area contributed by atoms with Gasteiger partial charge in [0, 0.05) is 45.7 Å². The third-order valence-electron chi connectivity index (χ3n) is 3.62. The first kappa shape index (κ1) is 14.8. The van der Waals surface area contributed by atoms with E-state index in [-0.39, 0.29) is 0 Å². The van der Waals surface area contributed by atoms with Crippen LogP contribution in [0.15, 0.2) is 24.3 Å². The molecule has 0 aliphatic carbocycles. The van der Waals surface area contributed by atoms with Crippen molar-refractivity contribution in [3.8, 4) is 11.8 Å². The molecule has 0 bridgehead atoms. The Bertz CT molecular complexity index is 447. The predicted molar refractivity (Wildman–Crippen MR) is 79.6 cm³/mol. The molecule has 0 saturated carbocycles. The summed E-state index contributed by atoms with van der Waals surface area (Å²) in [6.45, 7) is 8.87. The van der Waals surface area contributed by atoms with Crippen molar-refractivity contribution in [2.75, 3.05) is 39.3 Å². The molecule has 108 valence electrons. The number of ether oxygens (including phenoxy) is 1. The van der Waals surface area contributed by atoms with Crippen molar-refractivity contribution in [3.63, 3.8) is 0 Å². The van der Waals surface area contributed by atoms with Gasteiger partial charge in [0.05, 0.1) is 12.7 Å². The first-order valence-electron chi connectivity index (χ1n) is 7.35. The largest absolute Gasteiger partial charge is 0.494 e. The lowest BCUT2D eigenvalue weighted by molar-refractivity contribution is 0.129. The predicted octanol–water partition coefficient (Wildman–Crippen LogP) is 2.12. The number of hydrogen-bond acceptors (Lipinski definition) is 4. The van der Waals surface area contributed by atoms with Gasteiger partial charge in [-0.3, -0.25) is 9.80 Å². The number of rotatable bonds is 6. The van der Waals surface area contributed by atoms with E-state index in [4.69, 9.17) is 10.00 Å². The molecule has 0 aromatic heterocycles. The van der Waals surface area contributed by atoms with E-state index in [1.807, 2.05) is 13.0 Å². The van der Waals surface area contributed by atoms with Gasteiger partial charge in [-0.1, -0.05) is 12.1 Å². The molecule has 2 rings (SSSR count). The maximum Gasteiger partial charge on any atom is 0.119 e. The molecule has 1 heterocycles. The van der Waals surface area contributed by atoms with Crippen LogP contribution in [-0.4, -0.2) is 49.1 Å². The molecule has 0 radical (unpaired) electrons. The molecule has 4 nitrogen and oxygen atoms in total. The summed E-state index contributed by atoms with van der Waals surface area (Å²) in [6.07, 6.45) is 0.635. The Hall–Kier alpha value is -1.57. The van der Waals surface area contributed by atoms with Gasteiger partial charge >= 0.3 is 0 Å². The van der Waals surface area contributed by atoms with Crippen molar-refractivity contribution in [2.45, 2.75) is 19.9 Å². The van der Waals surface area contributed by atoms with E-state index in [1.54, 1.807) is 0 Å². The van der Waals surface area contributed by atoms with Gasteiger partial charge in [-0.05, 0) is 24.6 Å². The zero-order valence-corrected chi connectivity index (χ0v) is 12.2. The first-order valence-corrected chi connectivity index (χ1v) is 7.35. The van der Waals surface area contributed by atoms with Crippen LogP contribution in [0.2, 0.25) is 0 Å². The van der Waals surface area contributed by atoms with Gasteiger partial charge in [0.1, 0.15) is 5.75 Å². The van der Waals surface area contributed by atoms with Crippen LogP contribution in [0.5, 0.6) is 5.75 Å². The summed E-state index contributed by atoms with van der Waals surface area (Å²) in [7, 11) is 0. The van der Waals surface area contributed by atoms with Crippen LogP contribution in [0.4, 0.5) is 0 Å². The average molecular weight is 273 g/mol. The number of hydrogen-bond donors (Lipinski definition) is 0. The second-order valence-electron chi connectivity index (χ2n) is 5.11. The van der Waals surface area contributed by atoms with Gasteiger partial charge < -0.3 is 4.74 Å². The van der Waals surface area contributed by atoms with Crippen molar-refractivity contribution >= 4 is 0 Å². The van der Waals surface area contributed by atoms with Crippen LogP contribution in [-0.2, 0) is 6.54 Å². The Morgan fingerprint density at radius 3 is 2.65 bits per heavy atom. The number of nitrogens with zero attached hydrogens (tertiary/aromatic N) is 3. The zero-order chi connectivity index (χ0) is 14.2. The Labute approximate surface area is 121 Å². The molecule has 20 heavy (non-hydrogen) atoms. The molecule has 1 saturated heterocycles. The van der Waals surface area contributed by atoms with Crippen LogP contribution in [0.25, 0.3) is 0 Å². The van der Waals surface area contributed by atoms with E-state index in [2.05, 4.69) is 34.1 Å². The molecule has 1 aromatic carbocycles. The smallest absolute Gasteiger partial charge is 0.119 e. The van der Waals surface area contributed by atoms with Gasteiger partial charge in [-0.15, -0.1) is 0 Å². The fraction of sp³-hybridized carbons (Fsp3) is 0.562. The molecule has 1 fully saturated rings. The lowest BCUT2D eigenvalue weighted by atomic mass is 10.2. The van der Waals surface area contributed by atoms with Gasteiger partial charge in [-0.25, -0.2) is 0 Å². The lowest BCUT2D eigenvalue weighted by Crippen LogP contribution is -2.46. The van der Waals surface area contributed by atoms with Crippen LogP contribution in [0, 0.1) is 11.3 Å². The highest BCUT2D eigenvalue weighted by Crippen LogP contribution is 2.15. The fourth-order valence-corrected chi connectivity index (χ4v) is 2.54. The maximum absolute atomic E-state index is 8.61. The molecule has 0 atom stereocenters. The normalized spacial score (nSPS) is 16.8. The number of benzene rings is 1. The van der Waals surface area contributed by atoms with E-state index < -0.39 is 0 Å². The monoisotopic (exact) mass is 273 g/mol. The molecule has 0 amide bonds. The van der Waals surface area contributed by atoms with Crippen molar-refractivity contribution in [3.05, 3.63) is 29.8 Å². The van der Waals surface area contributed by atoms with E-state index in [1.165, 1.54) is 5.56 Å². The van der Waals surface area contributed by atoms with Crippen molar-refractivity contribution in [1.82, 2.24) is 9.80 Å². The molecule has 4 heteroatoms. The summed E-state index contributed by atoms with van der Waals surface area (Å²) < 4.78 is 5.54. The summed E-state index contributed by atoms with van der Waals surface area (Å²) in [6, 6.07) is 10.6. The maximum atomic E-state index is 8.61. The lowest BCUT2D eigenvalue weighted by Gasteiger charge is -2.34. The molecular weight excluding hydrogens is 250 g/mol. The fourth-order valence-electron chi connectivity index (χ4n) is 2.54. The molecule has 0 N–H and O–H groups in total. The molecule has 1 aliphatic heterocycles. The summed E-state index contributed by atoms with van der Waals surface area (Å²) in [5.41, 5.74) is 1.31. The van der Waals surface area contributed by atoms with Crippen molar-refractivity contribution in [2.24, 2.45) is 0 Å². The standard InChI is InChI=1S/C16H23N3O/c1-2-20-16-6-3-5-15(13-16)14-19-11-9-18(10-12-19)8-4-7-17/h3,5-6,13H,2,4,8-12,14H2,1H3. The van der Waals surface area contributed by atoms with Crippen LogP contribution in [0.3, 0.4) is 0 Å². The molecular formula is C16H23N3O. The van der Waals surface area contributed by atoms with Crippen LogP contribution < -0.4 is 4.74 Å². The molecule has 0 unspecified atom stereocenters. The van der Waals surface area contributed by atoms with Gasteiger partial charge in [0.2, 0.25) is 0 Å². The minimum absolute atomic E-state index is 0.635. The topological polar surface area (TPSA) is 39.5 Å². The Kier molecular flexibility index (Phi) is 5.85. The molecule has 1 aliphatic rings. The van der Waals surface area contributed by atoms with Crippen LogP contribution >= 0.6 is 0 Å². The quantitative estimate of drug-likeness (QED) is 0.796. The second kappa shape index (κ2) is 7.88. The highest BCUT2D eigenvalue weighted by molar-refractivity contribution is 5.28. The summed E-state index contributed by atoms with van der Waals surface area (Å²) in [5.74, 6) is 0.956. The van der Waals surface area contributed by atoms with Gasteiger partial charge in [0.15, 0.2) is 0 Å². The van der Waals surface area contributed by atoms with Crippen LogP contribution in [0.1, 0.15) is 18.9 Å². The summed E-state index contributed by atoms with van der Waals surface area (Å²) in [5, 5.41) is 8.61. The minimum Gasteiger partial charge on any atom is -0.494 e. The van der Waals surface area contributed by atoms with E-state index >= 15 is 0 Å². The van der Waals surface area contributed by atoms with E-state index in [0.29, 0.717) is 13.0 Å². The third kappa shape index (κ3) is 4.52. The molecule has 0 spiro atoms. The Morgan fingerprint density at radius 2 is 1.95 bits per heavy atom. The third-order valence-corrected chi connectivity index (χ3v) is 3.62. The highest BCUT2D eigenvalue weighted by Gasteiger charge is 2.16.